The van der Waals surface area contributed by atoms with Gasteiger partial charge in [-0.15, -0.1) is 0 Å². The lowest BCUT2D eigenvalue weighted by atomic mass is 10.1. The van der Waals surface area contributed by atoms with Crippen LogP contribution in [-0.4, -0.2) is 17.7 Å². The highest BCUT2D eigenvalue weighted by Gasteiger charge is 2.02. The minimum Gasteiger partial charge on any atom is -0.492 e. The third-order valence-corrected chi connectivity index (χ3v) is 3.68. The molecule has 0 saturated heterocycles. The smallest absolute Gasteiger partial charge is 0.328 e. The maximum Gasteiger partial charge on any atom is 0.328 e. The van der Waals surface area contributed by atoms with Gasteiger partial charge in [0.2, 0.25) is 0 Å². The van der Waals surface area contributed by atoms with Crippen molar-refractivity contribution in [1.82, 2.24) is 0 Å². The number of aliphatic carboxylic acids is 1. The molecule has 1 aromatic rings. The summed E-state index contributed by atoms with van der Waals surface area (Å²) in [6, 6.07) is 5.29. The molecule has 3 nitrogen and oxygen atoms in total. The van der Waals surface area contributed by atoms with Crippen LogP contribution in [0.2, 0.25) is 5.02 Å². The normalized spacial score (nSPS) is 11.0. The van der Waals surface area contributed by atoms with Gasteiger partial charge in [-0.3, -0.25) is 0 Å². The summed E-state index contributed by atoms with van der Waals surface area (Å²) < 4.78 is 5.67. The largest absolute Gasteiger partial charge is 0.492 e. The number of ether oxygens (including phenoxy) is 1. The van der Waals surface area contributed by atoms with Gasteiger partial charge in [-0.1, -0.05) is 63.1 Å². The van der Waals surface area contributed by atoms with Gasteiger partial charge in [0.25, 0.3) is 0 Å². The quantitative estimate of drug-likeness (QED) is 0.427. The van der Waals surface area contributed by atoms with Crippen molar-refractivity contribution in [3.63, 3.8) is 0 Å². The van der Waals surface area contributed by atoms with E-state index in [1.165, 1.54) is 44.6 Å². The van der Waals surface area contributed by atoms with Gasteiger partial charge in [0.15, 0.2) is 0 Å². The minimum atomic E-state index is -0.976. The van der Waals surface area contributed by atoms with Crippen molar-refractivity contribution >= 4 is 23.6 Å². The van der Waals surface area contributed by atoms with Crippen molar-refractivity contribution in [1.29, 1.82) is 0 Å². The van der Waals surface area contributed by atoms with Gasteiger partial charge in [-0.25, -0.2) is 4.79 Å². The summed E-state index contributed by atoms with van der Waals surface area (Å²) in [5, 5.41) is 9.10. The lowest BCUT2D eigenvalue weighted by Crippen LogP contribution is -1.98. The topological polar surface area (TPSA) is 46.5 Å². The Morgan fingerprint density at radius 2 is 1.86 bits per heavy atom. The van der Waals surface area contributed by atoms with E-state index in [2.05, 4.69) is 6.92 Å². The number of hydrogen-bond acceptors (Lipinski definition) is 2. The molecule has 0 aliphatic carbocycles. The molecule has 0 aliphatic heterocycles. The lowest BCUT2D eigenvalue weighted by molar-refractivity contribution is -0.131. The zero-order valence-corrected chi connectivity index (χ0v) is 13.9. The molecule has 1 aromatic carbocycles. The van der Waals surface area contributed by atoms with E-state index in [1.807, 2.05) is 0 Å². The fraction of sp³-hybridized carbons (Fsp3) is 0.500. The van der Waals surface area contributed by atoms with Crippen LogP contribution in [0.25, 0.3) is 6.08 Å². The molecular formula is C18H25ClO3. The van der Waals surface area contributed by atoms with Crippen LogP contribution in [0.1, 0.15) is 57.4 Å². The summed E-state index contributed by atoms with van der Waals surface area (Å²) in [5.74, 6) is -0.324. The van der Waals surface area contributed by atoms with Crippen LogP contribution in [0.15, 0.2) is 24.3 Å². The molecule has 0 radical (unpaired) electrons. The Balaban J connectivity index is 2.27. The summed E-state index contributed by atoms with van der Waals surface area (Å²) in [7, 11) is 0. The van der Waals surface area contributed by atoms with E-state index in [0.717, 1.165) is 18.1 Å². The number of halogens is 1. The maximum atomic E-state index is 10.5. The second kappa shape index (κ2) is 11.1. The minimum absolute atomic E-state index is 0.510. The summed E-state index contributed by atoms with van der Waals surface area (Å²) in [5.41, 5.74) is 0.746. The van der Waals surface area contributed by atoms with Crippen LogP contribution in [-0.2, 0) is 4.79 Å². The van der Waals surface area contributed by atoms with Crippen LogP contribution in [0.3, 0.4) is 0 Å². The molecule has 0 atom stereocenters. The van der Waals surface area contributed by atoms with E-state index in [-0.39, 0.29) is 0 Å². The van der Waals surface area contributed by atoms with Crippen LogP contribution >= 0.6 is 11.6 Å². The average molecular weight is 325 g/mol. The first-order valence-corrected chi connectivity index (χ1v) is 8.34. The Labute approximate surface area is 137 Å². The molecule has 0 saturated carbocycles. The van der Waals surface area contributed by atoms with Crippen LogP contribution < -0.4 is 4.74 Å². The molecule has 0 amide bonds. The van der Waals surface area contributed by atoms with Crippen molar-refractivity contribution in [2.45, 2.75) is 51.9 Å². The third-order valence-electron chi connectivity index (χ3n) is 3.38. The van der Waals surface area contributed by atoms with Gasteiger partial charge in [-0.05, 0) is 30.2 Å². The second-order valence-electron chi connectivity index (χ2n) is 5.33. The van der Waals surface area contributed by atoms with Crippen LogP contribution in [0.4, 0.5) is 0 Å². The number of unbranched alkanes of at least 4 members (excludes halogenated alkanes) is 6. The van der Waals surface area contributed by atoms with Crippen LogP contribution in [0, 0.1) is 0 Å². The van der Waals surface area contributed by atoms with Crippen LogP contribution in [0.5, 0.6) is 5.75 Å². The first-order valence-electron chi connectivity index (χ1n) is 7.97. The Morgan fingerprint density at radius 1 is 1.18 bits per heavy atom. The predicted octanol–water partition coefficient (Wildman–Crippen LogP) is 5.57. The Kier molecular flexibility index (Phi) is 9.40. The van der Waals surface area contributed by atoms with E-state index in [0.29, 0.717) is 17.4 Å². The van der Waals surface area contributed by atoms with Gasteiger partial charge in [0.1, 0.15) is 5.75 Å². The number of carboxylic acid groups (broad SMARTS) is 1. The number of rotatable bonds is 11. The van der Waals surface area contributed by atoms with E-state index < -0.39 is 5.97 Å². The van der Waals surface area contributed by atoms with E-state index in [9.17, 15) is 4.79 Å². The van der Waals surface area contributed by atoms with Gasteiger partial charge >= 0.3 is 5.97 Å². The Morgan fingerprint density at radius 3 is 2.50 bits per heavy atom. The highest BCUT2D eigenvalue weighted by atomic mass is 35.5. The Hall–Kier alpha value is -1.48. The van der Waals surface area contributed by atoms with Gasteiger partial charge in [0, 0.05) is 6.08 Å². The Bertz CT molecular complexity index is 483. The zero-order chi connectivity index (χ0) is 16.2. The molecular weight excluding hydrogens is 300 g/mol. The molecule has 22 heavy (non-hydrogen) atoms. The predicted molar refractivity (Wildman–Crippen MR) is 91.6 cm³/mol. The number of carbonyl (C=O) groups is 1. The van der Waals surface area contributed by atoms with Gasteiger partial charge in [0.05, 0.1) is 11.6 Å². The summed E-state index contributed by atoms with van der Waals surface area (Å²) in [6.45, 7) is 2.89. The van der Waals surface area contributed by atoms with Crippen molar-refractivity contribution < 1.29 is 14.6 Å². The standard InChI is InChI=1S/C18H25ClO3/c1-2-3-4-5-6-7-8-13-22-17-11-9-15(14-16(17)19)10-12-18(20)21/h9-12,14H,2-8,13H2,1H3,(H,20,21)/b12-10+. The van der Waals surface area contributed by atoms with Crippen molar-refractivity contribution in [3.8, 4) is 5.75 Å². The highest BCUT2D eigenvalue weighted by molar-refractivity contribution is 6.32. The highest BCUT2D eigenvalue weighted by Crippen LogP contribution is 2.26. The SMILES string of the molecule is CCCCCCCCCOc1ccc(/C=C/C(=O)O)cc1Cl. The summed E-state index contributed by atoms with van der Waals surface area (Å²) >= 11 is 6.14. The monoisotopic (exact) mass is 324 g/mol. The molecule has 1 rings (SSSR count). The number of carboxylic acids is 1. The lowest BCUT2D eigenvalue weighted by Gasteiger charge is -2.08. The fourth-order valence-corrected chi connectivity index (χ4v) is 2.39. The average Bonchev–Trinajstić information content (AvgIpc) is 2.49. The molecule has 0 unspecified atom stereocenters. The van der Waals surface area contributed by atoms with E-state index in [4.69, 9.17) is 21.4 Å². The maximum absolute atomic E-state index is 10.5. The number of benzene rings is 1. The molecule has 0 aliphatic rings. The molecule has 0 aromatic heterocycles. The molecule has 0 heterocycles. The van der Waals surface area contributed by atoms with Gasteiger partial charge < -0.3 is 9.84 Å². The molecule has 1 N–H and O–H groups in total. The first-order chi connectivity index (χ1) is 10.6. The zero-order valence-electron chi connectivity index (χ0n) is 13.2. The molecule has 122 valence electrons. The molecule has 0 bridgehead atoms. The second-order valence-corrected chi connectivity index (χ2v) is 5.74. The van der Waals surface area contributed by atoms with E-state index in [1.54, 1.807) is 18.2 Å². The van der Waals surface area contributed by atoms with Crippen molar-refractivity contribution in [2.75, 3.05) is 6.61 Å². The van der Waals surface area contributed by atoms with E-state index >= 15 is 0 Å². The fourth-order valence-electron chi connectivity index (χ4n) is 2.15. The molecule has 0 spiro atoms. The van der Waals surface area contributed by atoms with Gasteiger partial charge in [-0.2, -0.15) is 0 Å². The van der Waals surface area contributed by atoms with Crippen molar-refractivity contribution in [2.24, 2.45) is 0 Å². The number of hydrogen-bond donors (Lipinski definition) is 1. The summed E-state index contributed by atoms with van der Waals surface area (Å²) in [4.78, 5) is 10.5. The van der Waals surface area contributed by atoms with Crippen molar-refractivity contribution in [3.05, 3.63) is 34.9 Å². The first kappa shape index (κ1) is 18.6. The molecule has 0 fully saturated rings. The summed E-state index contributed by atoms with van der Waals surface area (Å²) in [6.07, 6.45) is 11.3. The molecule has 4 heteroatoms. The third kappa shape index (κ3) is 8.08.